The van der Waals surface area contributed by atoms with Crippen molar-refractivity contribution >= 4 is 17.6 Å². The van der Waals surface area contributed by atoms with Crippen molar-refractivity contribution in [3.63, 3.8) is 0 Å². The van der Waals surface area contributed by atoms with E-state index in [9.17, 15) is 4.79 Å². The molecule has 1 aliphatic rings. The molecule has 2 rings (SSSR count). The first kappa shape index (κ1) is 11.5. The first-order valence-corrected chi connectivity index (χ1v) is 6.34. The maximum Gasteiger partial charge on any atom is 0.253 e. The fourth-order valence-corrected chi connectivity index (χ4v) is 2.60. The van der Waals surface area contributed by atoms with Gasteiger partial charge in [-0.3, -0.25) is 4.79 Å². The van der Waals surface area contributed by atoms with Crippen LogP contribution in [-0.2, 0) is 4.74 Å². The monoisotopic (exact) mass is 241 g/mol. The first-order chi connectivity index (χ1) is 7.74. The van der Waals surface area contributed by atoms with Crippen molar-refractivity contribution in [3.8, 4) is 0 Å². The van der Waals surface area contributed by atoms with Crippen molar-refractivity contribution < 1.29 is 4.74 Å². The lowest BCUT2D eigenvalue weighted by Gasteiger charge is -2.07. The molecule has 6 heteroatoms. The Hall–Kier alpha value is -1.01. The number of nitrogens with zero attached hydrogens (tertiary/aromatic N) is 1. The number of aromatic nitrogens is 2. The van der Waals surface area contributed by atoms with Gasteiger partial charge in [0.25, 0.3) is 5.56 Å². The van der Waals surface area contributed by atoms with Crippen LogP contribution in [0.5, 0.6) is 0 Å². The molecule has 0 radical (unpaired) electrons. The van der Waals surface area contributed by atoms with Crippen molar-refractivity contribution in [2.75, 3.05) is 18.1 Å². The Morgan fingerprint density at radius 3 is 3.25 bits per heavy atom. The third-order valence-electron chi connectivity index (χ3n) is 2.44. The van der Waals surface area contributed by atoms with Crippen LogP contribution in [0.4, 0.5) is 5.82 Å². The SMILES string of the molecule is Nc1cc(=O)[nH]c(SCCC2CCCO2)n1. The zero-order chi connectivity index (χ0) is 11.4. The Kier molecular flexibility index (Phi) is 3.84. The molecule has 3 N–H and O–H groups in total. The topological polar surface area (TPSA) is 81.0 Å². The van der Waals surface area contributed by atoms with Gasteiger partial charge < -0.3 is 15.5 Å². The second-order valence-electron chi connectivity index (χ2n) is 3.75. The van der Waals surface area contributed by atoms with E-state index in [1.165, 1.54) is 17.8 Å². The normalized spacial score (nSPS) is 20.1. The first-order valence-electron chi connectivity index (χ1n) is 5.35. The molecule has 2 heterocycles. The summed E-state index contributed by atoms with van der Waals surface area (Å²) in [6.45, 7) is 0.878. The van der Waals surface area contributed by atoms with Gasteiger partial charge in [0.15, 0.2) is 5.16 Å². The predicted octanol–water partition coefficient (Wildman–Crippen LogP) is 1.01. The molecule has 5 nitrogen and oxygen atoms in total. The standard InChI is InChI=1S/C10H15N3O2S/c11-8-6-9(14)13-10(12-8)16-5-3-7-2-1-4-15-7/h6-7H,1-5H2,(H3,11,12,13,14). The molecule has 1 aliphatic heterocycles. The summed E-state index contributed by atoms with van der Waals surface area (Å²) in [6.07, 6.45) is 3.66. The molecule has 0 saturated carbocycles. The van der Waals surface area contributed by atoms with Crippen LogP contribution in [0.15, 0.2) is 16.0 Å². The van der Waals surface area contributed by atoms with Crippen molar-refractivity contribution in [2.24, 2.45) is 0 Å². The number of H-pyrrole nitrogens is 1. The minimum absolute atomic E-state index is 0.202. The number of hydrogen-bond acceptors (Lipinski definition) is 5. The highest BCUT2D eigenvalue weighted by molar-refractivity contribution is 7.99. The molecule has 1 saturated heterocycles. The fourth-order valence-electron chi connectivity index (χ4n) is 1.68. The lowest BCUT2D eigenvalue weighted by atomic mass is 10.2. The average molecular weight is 241 g/mol. The van der Waals surface area contributed by atoms with Gasteiger partial charge in [0, 0.05) is 18.4 Å². The fraction of sp³-hybridized carbons (Fsp3) is 0.600. The lowest BCUT2D eigenvalue weighted by molar-refractivity contribution is 0.109. The number of ether oxygens (including phenoxy) is 1. The van der Waals surface area contributed by atoms with E-state index in [1.807, 2.05) is 0 Å². The predicted molar refractivity (Wildman–Crippen MR) is 63.6 cm³/mol. The molecule has 88 valence electrons. The number of thioether (sulfide) groups is 1. The summed E-state index contributed by atoms with van der Waals surface area (Å²) in [5.74, 6) is 1.15. The summed E-state index contributed by atoms with van der Waals surface area (Å²) < 4.78 is 5.51. The van der Waals surface area contributed by atoms with Gasteiger partial charge in [-0.25, -0.2) is 4.98 Å². The van der Waals surface area contributed by atoms with Crippen LogP contribution in [0.3, 0.4) is 0 Å². The van der Waals surface area contributed by atoms with E-state index in [4.69, 9.17) is 10.5 Å². The van der Waals surface area contributed by atoms with Gasteiger partial charge in [-0.05, 0) is 19.3 Å². The summed E-state index contributed by atoms with van der Waals surface area (Å²) in [7, 11) is 0. The van der Waals surface area contributed by atoms with Gasteiger partial charge >= 0.3 is 0 Å². The third-order valence-corrected chi connectivity index (χ3v) is 3.35. The zero-order valence-corrected chi connectivity index (χ0v) is 9.76. The Bertz CT molecular complexity index is 401. The second-order valence-corrected chi connectivity index (χ2v) is 4.83. The maximum absolute atomic E-state index is 11.1. The molecule has 0 aliphatic carbocycles. The summed E-state index contributed by atoms with van der Waals surface area (Å²) in [5, 5.41) is 0.586. The second kappa shape index (κ2) is 5.36. The number of rotatable bonds is 4. The molecular weight excluding hydrogens is 226 g/mol. The summed E-state index contributed by atoms with van der Waals surface area (Å²) in [4.78, 5) is 17.8. The van der Waals surface area contributed by atoms with Crippen LogP contribution < -0.4 is 11.3 Å². The molecular formula is C10H15N3O2S. The number of aromatic amines is 1. The van der Waals surface area contributed by atoms with Gasteiger partial charge in [-0.1, -0.05) is 11.8 Å². The number of nitrogens with two attached hydrogens (primary N) is 1. The largest absolute Gasteiger partial charge is 0.383 e. The Morgan fingerprint density at radius 1 is 1.69 bits per heavy atom. The summed E-state index contributed by atoms with van der Waals surface area (Å²) in [6, 6.07) is 1.28. The summed E-state index contributed by atoms with van der Waals surface area (Å²) >= 11 is 1.51. The molecule has 1 aromatic heterocycles. The van der Waals surface area contributed by atoms with Crippen LogP contribution in [0.25, 0.3) is 0 Å². The number of anilines is 1. The van der Waals surface area contributed by atoms with Crippen LogP contribution in [0, 0.1) is 0 Å². The van der Waals surface area contributed by atoms with Gasteiger partial charge in [0.2, 0.25) is 0 Å². The molecule has 1 unspecified atom stereocenters. The van der Waals surface area contributed by atoms with E-state index >= 15 is 0 Å². The highest BCUT2D eigenvalue weighted by atomic mass is 32.2. The Balaban J connectivity index is 1.82. The van der Waals surface area contributed by atoms with Gasteiger partial charge in [-0.2, -0.15) is 0 Å². The van der Waals surface area contributed by atoms with E-state index in [1.54, 1.807) is 0 Å². The number of nitrogens with one attached hydrogen (secondary N) is 1. The number of hydrogen-bond donors (Lipinski definition) is 2. The molecule has 1 aromatic rings. The van der Waals surface area contributed by atoms with Gasteiger partial charge in [0.1, 0.15) is 5.82 Å². The minimum Gasteiger partial charge on any atom is -0.383 e. The smallest absolute Gasteiger partial charge is 0.253 e. The highest BCUT2D eigenvalue weighted by Crippen LogP contribution is 2.20. The van der Waals surface area contributed by atoms with Crippen molar-refractivity contribution in [1.29, 1.82) is 0 Å². The third kappa shape index (κ3) is 3.24. The lowest BCUT2D eigenvalue weighted by Crippen LogP contribution is -2.10. The van der Waals surface area contributed by atoms with Crippen LogP contribution >= 0.6 is 11.8 Å². The van der Waals surface area contributed by atoms with E-state index in [-0.39, 0.29) is 11.4 Å². The Morgan fingerprint density at radius 2 is 2.56 bits per heavy atom. The van der Waals surface area contributed by atoms with E-state index < -0.39 is 0 Å². The molecule has 0 spiro atoms. The van der Waals surface area contributed by atoms with Crippen molar-refractivity contribution in [3.05, 3.63) is 16.4 Å². The van der Waals surface area contributed by atoms with Crippen molar-refractivity contribution in [1.82, 2.24) is 9.97 Å². The maximum atomic E-state index is 11.1. The average Bonchev–Trinajstić information content (AvgIpc) is 2.69. The minimum atomic E-state index is -0.202. The molecule has 0 amide bonds. The van der Waals surface area contributed by atoms with Crippen LogP contribution in [-0.4, -0.2) is 28.4 Å². The van der Waals surface area contributed by atoms with E-state index in [2.05, 4.69) is 9.97 Å². The summed E-state index contributed by atoms with van der Waals surface area (Å²) in [5.41, 5.74) is 5.28. The van der Waals surface area contributed by atoms with Gasteiger partial charge in [0.05, 0.1) is 6.10 Å². The quantitative estimate of drug-likeness (QED) is 0.607. The molecule has 1 atom stereocenters. The zero-order valence-electron chi connectivity index (χ0n) is 8.94. The number of nitrogen functional groups attached to an aromatic ring is 1. The van der Waals surface area contributed by atoms with Crippen LogP contribution in [0.1, 0.15) is 19.3 Å². The molecule has 1 fully saturated rings. The van der Waals surface area contributed by atoms with E-state index in [0.717, 1.165) is 31.6 Å². The Labute approximate surface area is 97.8 Å². The molecule has 0 bridgehead atoms. The molecule has 0 aromatic carbocycles. The molecule has 16 heavy (non-hydrogen) atoms. The van der Waals surface area contributed by atoms with E-state index in [0.29, 0.717) is 11.3 Å². The van der Waals surface area contributed by atoms with Crippen molar-refractivity contribution in [2.45, 2.75) is 30.5 Å². The van der Waals surface area contributed by atoms with Gasteiger partial charge in [-0.15, -0.1) is 0 Å². The van der Waals surface area contributed by atoms with Crippen LogP contribution in [0.2, 0.25) is 0 Å². The highest BCUT2D eigenvalue weighted by Gasteiger charge is 2.15.